The fraction of sp³-hybridized carbons (Fsp3) is 0.400. The van der Waals surface area contributed by atoms with Crippen LogP contribution in [0.4, 0.5) is 0 Å². The Morgan fingerprint density at radius 3 is 2.67 bits per heavy atom. The van der Waals surface area contributed by atoms with Crippen molar-refractivity contribution in [3.8, 4) is 5.75 Å². The van der Waals surface area contributed by atoms with E-state index in [2.05, 4.69) is 20.7 Å². The standard InChI is InChI=1S/C25H32N4O4/c1-32-22-11-7-8-20(18-22)19-27-28-25(31)23(29-14-16-33-17-15-29)12-5-6-13-26-24(30)21-9-3-2-4-10-21/h2-4,7-11,18-19,23H,5-6,12-17H2,1H3,(H,26,30)(H,28,31)/b27-19+. The van der Waals surface area contributed by atoms with Gasteiger partial charge in [-0.1, -0.05) is 30.3 Å². The van der Waals surface area contributed by atoms with Crippen molar-refractivity contribution in [1.82, 2.24) is 15.6 Å². The quantitative estimate of drug-likeness (QED) is 0.310. The van der Waals surface area contributed by atoms with Crippen LogP contribution in [0.25, 0.3) is 0 Å². The maximum absolute atomic E-state index is 12.9. The second kappa shape index (κ2) is 13.3. The van der Waals surface area contributed by atoms with Crippen LogP contribution in [0, 0.1) is 0 Å². The van der Waals surface area contributed by atoms with E-state index in [4.69, 9.17) is 9.47 Å². The molecule has 2 aromatic rings. The van der Waals surface area contributed by atoms with Crippen molar-refractivity contribution >= 4 is 18.0 Å². The Kier molecular flexibility index (Phi) is 9.87. The maximum atomic E-state index is 12.9. The van der Waals surface area contributed by atoms with Gasteiger partial charge in [-0.15, -0.1) is 0 Å². The minimum atomic E-state index is -0.291. The van der Waals surface area contributed by atoms with Crippen molar-refractivity contribution in [2.45, 2.75) is 25.3 Å². The van der Waals surface area contributed by atoms with Gasteiger partial charge in [0.05, 0.1) is 32.6 Å². The Morgan fingerprint density at radius 1 is 1.12 bits per heavy atom. The van der Waals surface area contributed by atoms with Crippen molar-refractivity contribution < 1.29 is 19.1 Å². The van der Waals surface area contributed by atoms with Gasteiger partial charge >= 0.3 is 0 Å². The van der Waals surface area contributed by atoms with Crippen molar-refractivity contribution in [2.75, 3.05) is 40.0 Å². The molecule has 1 aliphatic rings. The number of hydrogen-bond donors (Lipinski definition) is 2. The third-order valence-corrected chi connectivity index (χ3v) is 5.50. The molecule has 1 aliphatic heterocycles. The summed E-state index contributed by atoms with van der Waals surface area (Å²) in [5, 5.41) is 7.08. The molecule has 2 amide bonds. The summed E-state index contributed by atoms with van der Waals surface area (Å²) >= 11 is 0. The lowest BCUT2D eigenvalue weighted by Gasteiger charge is -2.33. The van der Waals surface area contributed by atoms with E-state index in [0.717, 1.165) is 24.2 Å². The summed E-state index contributed by atoms with van der Waals surface area (Å²) in [4.78, 5) is 27.2. The fourth-order valence-electron chi connectivity index (χ4n) is 3.69. The van der Waals surface area contributed by atoms with E-state index in [-0.39, 0.29) is 17.9 Å². The lowest BCUT2D eigenvalue weighted by molar-refractivity contribution is -0.128. The molecule has 2 N–H and O–H groups in total. The maximum Gasteiger partial charge on any atom is 0.257 e. The molecule has 1 atom stereocenters. The number of hydrogen-bond acceptors (Lipinski definition) is 6. The largest absolute Gasteiger partial charge is 0.497 e. The highest BCUT2D eigenvalue weighted by Gasteiger charge is 2.26. The highest BCUT2D eigenvalue weighted by Crippen LogP contribution is 2.13. The summed E-state index contributed by atoms with van der Waals surface area (Å²) in [6, 6.07) is 16.3. The summed E-state index contributed by atoms with van der Waals surface area (Å²) in [5.41, 5.74) is 4.17. The van der Waals surface area contributed by atoms with Crippen LogP contribution in [0.15, 0.2) is 59.7 Å². The van der Waals surface area contributed by atoms with Gasteiger partial charge in [-0.25, -0.2) is 5.43 Å². The molecule has 1 fully saturated rings. The fourth-order valence-corrected chi connectivity index (χ4v) is 3.69. The molecule has 0 spiro atoms. The SMILES string of the molecule is COc1cccc(/C=N/NC(=O)C(CCCCNC(=O)c2ccccc2)N2CCOCC2)c1. The zero-order valence-electron chi connectivity index (χ0n) is 19.0. The predicted octanol–water partition coefficient (Wildman–Crippen LogP) is 2.45. The van der Waals surface area contributed by atoms with E-state index in [1.165, 1.54) is 0 Å². The molecule has 1 heterocycles. The Morgan fingerprint density at radius 2 is 1.91 bits per heavy atom. The Bertz CT molecular complexity index is 914. The molecule has 0 radical (unpaired) electrons. The lowest BCUT2D eigenvalue weighted by atomic mass is 10.1. The number of nitrogens with zero attached hydrogens (tertiary/aromatic N) is 2. The zero-order valence-corrected chi connectivity index (χ0v) is 19.0. The molecule has 1 saturated heterocycles. The minimum absolute atomic E-state index is 0.0787. The van der Waals surface area contributed by atoms with Crippen LogP contribution in [0.3, 0.4) is 0 Å². The average molecular weight is 453 g/mol. The number of morpholine rings is 1. The second-order valence-electron chi connectivity index (χ2n) is 7.79. The molecule has 0 saturated carbocycles. The van der Waals surface area contributed by atoms with Crippen molar-refractivity contribution in [3.63, 3.8) is 0 Å². The molecule has 8 heteroatoms. The molecule has 0 aromatic heterocycles. The molecule has 0 bridgehead atoms. The third-order valence-electron chi connectivity index (χ3n) is 5.50. The first-order valence-electron chi connectivity index (χ1n) is 11.3. The van der Waals surface area contributed by atoms with Gasteiger partial charge in [0.2, 0.25) is 0 Å². The van der Waals surface area contributed by atoms with E-state index in [0.29, 0.717) is 44.8 Å². The van der Waals surface area contributed by atoms with Gasteiger partial charge < -0.3 is 14.8 Å². The predicted molar refractivity (Wildman–Crippen MR) is 128 cm³/mol. The Balaban J connectivity index is 1.48. The zero-order chi connectivity index (χ0) is 23.3. The van der Waals surface area contributed by atoms with Gasteiger partial charge in [0, 0.05) is 25.2 Å². The highest BCUT2D eigenvalue weighted by molar-refractivity contribution is 5.94. The molecule has 3 rings (SSSR count). The molecule has 176 valence electrons. The topological polar surface area (TPSA) is 92.3 Å². The van der Waals surface area contributed by atoms with Crippen molar-refractivity contribution in [3.05, 3.63) is 65.7 Å². The molecule has 1 unspecified atom stereocenters. The minimum Gasteiger partial charge on any atom is -0.497 e. The van der Waals surface area contributed by atoms with Crippen LogP contribution < -0.4 is 15.5 Å². The number of amides is 2. The Hall–Kier alpha value is -3.23. The van der Waals surface area contributed by atoms with Crippen LogP contribution in [0.5, 0.6) is 5.75 Å². The van der Waals surface area contributed by atoms with Gasteiger partial charge in [-0.3, -0.25) is 14.5 Å². The molecule has 8 nitrogen and oxygen atoms in total. The van der Waals surface area contributed by atoms with Crippen LogP contribution in [-0.2, 0) is 9.53 Å². The van der Waals surface area contributed by atoms with Gasteiger partial charge in [0.15, 0.2) is 0 Å². The molecule has 2 aromatic carbocycles. The average Bonchev–Trinajstić information content (AvgIpc) is 2.87. The van der Waals surface area contributed by atoms with Gasteiger partial charge in [-0.05, 0) is 49.1 Å². The summed E-state index contributed by atoms with van der Waals surface area (Å²) in [7, 11) is 1.61. The monoisotopic (exact) mass is 452 g/mol. The number of carbonyl (C=O) groups excluding carboxylic acids is 2. The molecular weight excluding hydrogens is 420 g/mol. The number of ether oxygens (including phenoxy) is 2. The number of carbonyl (C=O) groups is 2. The number of hydrazone groups is 1. The van der Waals surface area contributed by atoms with Crippen molar-refractivity contribution in [2.24, 2.45) is 5.10 Å². The number of unbranched alkanes of at least 4 members (excludes halogenated alkanes) is 1. The summed E-state index contributed by atoms with van der Waals surface area (Å²) in [5.74, 6) is 0.519. The van der Waals surface area contributed by atoms with E-state index in [1.54, 1.807) is 25.5 Å². The highest BCUT2D eigenvalue weighted by atomic mass is 16.5. The van der Waals surface area contributed by atoms with Crippen LogP contribution in [-0.4, -0.2) is 68.9 Å². The van der Waals surface area contributed by atoms with E-state index in [9.17, 15) is 9.59 Å². The number of rotatable bonds is 11. The van der Waals surface area contributed by atoms with Crippen molar-refractivity contribution in [1.29, 1.82) is 0 Å². The van der Waals surface area contributed by atoms with Gasteiger partial charge in [0.25, 0.3) is 11.8 Å². The number of benzene rings is 2. The van der Waals surface area contributed by atoms with Crippen LogP contribution >= 0.6 is 0 Å². The van der Waals surface area contributed by atoms with Gasteiger partial charge in [0.1, 0.15) is 5.75 Å². The van der Waals surface area contributed by atoms with Crippen LogP contribution in [0.2, 0.25) is 0 Å². The Labute approximate surface area is 195 Å². The van der Waals surface area contributed by atoms with E-state index in [1.807, 2.05) is 42.5 Å². The first-order valence-corrected chi connectivity index (χ1v) is 11.3. The molecule has 33 heavy (non-hydrogen) atoms. The second-order valence-corrected chi connectivity index (χ2v) is 7.79. The molecular formula is C25H32N4O4. The number of methoxy groups -OCH3 is 1. The van der Waals surface area contributed by atoms with Crippen LogP contribution in [0.1, 0.15) is 35.2 Å². The van der Waals surface area contributed by atoms with E-state index < -0.39 is 0 Å². The normalized spacial score (nSPS) is 15.2. The third kappa shape index (κ3) is 8.00. The first-order chi connectivity index (χ1) is 16.2. The lowest BCUT2D eigenvalue weighted by Crippen LogP contribution is -2.50. The van der Waals surface area contributed by atoms with E-state index >= 15 is 0 Å². The molecule has 0 aliphatic carbocycles. The summed E-state index contributed by atoms with van der Waals surface area (Å²) < 4.78 is 10.6. The summed E-state index contributed by atoms with van der Waals surface area (Å²) in [6.07, 6.45) is 3.89. The van der Waals surface area contributed by atoms with Gasteiger partial charge in [-0.2, -0.15) is 5.10 Å². The first kappa shape index (κ1) is 24.4. The smallest absolute Gasteiger partial charge is 0.257 e. The number of nitrogens with one attached hydrogen (secondary N) is 2. The summed E-state index contributed by atoms with van der Waals surface area (Å²) in [6.45, 7) is 3.22.